The third-order valence-corrected chi connectivity index (χ3v) is 5.69. The van der Waals surface area contributed by atoms with E-state index in [-0.39, 0.29) is 18.0 Å². The Bertz CT molecular complexity index is 1330. The number of benzene rings is 2. The third-order valence-electron chi connectivity index (χ3n) is 4.75. The van der Waals surface area contributed by atoms with Crippen LogP contribution in [-0.2, 0) is 6.54 Å². The third kappa shape index (κ3) is 4.13. The van der Waals surface area contributed by atoms with Crippen LogP contribution in [0.3, 0.4) is 0 Å². The van der Waals surface area contributed by atoms with Gasteiger partial charge in [-0.3, -0.25) is 9.59 Å². The molecule has 1 amide bonds. The molecule has 0 radical (unpaired) electrons. The van der Waals surface area contributed by atoms with E-state index in [1.54, 1.807) is 18.2 Å². The minimum absolute atomic E-state index is 0.108. The van der Waals surface area contributed by atoms with Crippen LogP contribution in [0.1, 0.15) is 21.6 Å². The van der Waals surface area contributed by atoms with E-state index in [9.17, 15) is 9.59 Å². The van der Waals surface area contributed by atoms with Gasteiger partial charge in [0.15, 0.2) is 11.5 Å². The molecule has 4 aromatic rings. The number of hydrogen-bond acceptors (Lipinski definition) is 7. The van der Waals surface area contributed by atoms with E-state index in [4.69, 9.17) is 9.47 Å². The second-order valence-electron chi connectivity index (χ2n) is 6.75. The summed E-state index contributed by atoms with van der Waals surface area (Å²) < 4.78 is 11.7. The quantitative estimate of drug-likeness (QED) is 0.499. The predicted molar refractivity (Wildman–Crippen MR) is 118 cm³/mol. The van der Waals surface area contributed by atoms with Crippen LogP contribution < -0.4 is 20.3 Å². The fourth-order valence-electron chi connectivity index (χ4n) is 3.12. The van der Waals surface area contributed by atoms with Gasteiger partial charge in [-0.25, -0.2) is 4.98 Å². The van der Waals surface area contributed by atoms with Gasteiger partial charge in [-0.1, -0.05) is 35.6 Å². The summed E-state index contributed by atoms with van der Waals surface area (Å²) in [4.78, 5) is 30.0. The number of rotatable bonds is 6. The van der Waals surface area contributed by atoms with Crippen molar-refractivity contribution in [3.05, 3.63) is 75.7 Å². The Labute approximate surface area is 182 Å². The van der Waals surface area contributed by atoms with Crippen LogP contribution in [0.25, 0.3) is 15.5 Å². The van der Waals surface area contributed by atoms with Crippen molar-refractivity contribution in [3.63, 3.8) is 0 Å². The molecule has 0 saturated heterocycles. The van der Waals surface area contributed by atoms with Crippen LogP contribution in [0.15, 0.2) is 53.3 Å². The first-order chi connectivity index (χ1) is 15.0. The van der Waals surface area contributed by atoms with Crippen LogP contribution in [0.5, 0.6) is 11.5 Å². The molecule has 0 aliphatic heterocycles. The Morgan fingerprint density at radius 1 is 1.10 bits per heavy atom. The van der Waals surface area contributed by atoms with Gasteiger partial charge in [0.2, 0.25) is 4.96 Å². The van der Waals surface area contributed by atoms with Gasteiger partial charge < -0.3 is 14.8 Å². The second kappa shape index (κ2) is 8.57. The van der Waals surface area contributed by atoms with Crippen LogP contribution in [0.4, 0.5) is 0 Å². The highest BCUT2D eigenvalue weighted by Crippen LogP contribution is 2.28. The lowest BCUT2D eigenvalue weighted by Gasteiger charge is -2.10. The average molecular weight is 436 g/mol. The van der Waals surface area contributed by atoms with Crippen molar-refractivity contribution >= 4 is 22.2 Å². The van der Waals surface area contributed by atoms with Crippen molar-refractivity contribution in [3.8, 4) is 22.1 Å². The van der Waals surface area contributed by atoms with E-state index in [1.165, 1.54) is 36.1 Å². The number of aryl methyl sites for hydroxylation is 1. The molecular formula is C22H20N4O4S. The number of nitrogens with zero attached hydrogens (tertiary/aromatic N) is 3. The van der Waals surface area contributed by atoms with Crippen molar-refractivity contribution in [1.29, 1.82) is 0 Å². The molecule has 2 aromatic heterocycles. The molecule has 31 heavy (non-hydrogen) atoms. The molecule has 1 N–H and O–H groups in total. The maximum Gasteiger partial charge on any atom is 0.275 e. The van der Waals surface area contributed by atoms with Gasteiger partial charge in [-0.2, -0.15) is 9.61 Å². The van der Waals surface area contributed by atoms with Crippen molar-refractivity contribution < 1.29 is 14.3 Å². The maximum absolute atomic E-state index is 12.5. The number of amides is 1. The molecule has 2 aromatic carbocycles. The highest BCUT2D eigenvalue weighted by atomic mass is 32.1. The molecule has 0 bridgehead atoms. The lowest BCUT2D eigenvalue weighted by molar-refractivity contribution is 0.0950. The number of nitrogens with one attached hydrogen (secondary N) is 1. The largest absolute Gasteiger partial charge is 0.493 e. The number of aromatic nitrogens is 3. The standard InChI is InChI=1S/C22H20N4O4S/c1-13-6-4-5-7-16(13)21-25-26-19(27)11-15(24-22(26)31-21)12-23-20(28)14-8-9-17(29-2)18(10-14)30-3/h4-11H,12H2,1-3H3,(H,23,28). The summed E-state index contributed by atoms with van der Waals surface area (Å²) >= 11 is 1.33. The molecule has 4 rings (SSSR count). The number of hydrogen-bond donors (Lipinski definition) is 1. The minimum atomic E-state index is -0.312. The summed E-state index contributed by atoms with van der Waals surface area (Å²) in [6, 6.07) is 14.1. The van der Waals surface area contributed by atoms with E-state index < -0.39 is 0 Å². The first-order valence-corrected chi connectivity index (χ1v) is 10.3. The number of methoxy groups -OCH3 is 2. The molecular weight excluding hydrogens is 416 g/mol. The average Bonchev–Trinajstić information content (AvgIpc) is 3.21. The van der Waals surface area contributed by atoms with E-state index in [2.05, 4.69) is 15.4 Å². The number of carbonyl (C=O) groups is 1. The molecule has 0 unspecified atom stereocenters. The zero-order chi connectivity index (χ0) is 22.0. The van der Waals surface area contributed by atoms with Crippen molar-refractivity contribution in [2.24, 2.45) is 0 Å². The predicted octanol–water partition coefficient (Wildman–Crippen LogP) is 3.07. The minimum Gasteiger partial charge on any atom is -0.493 e. The highest BCUT2D eigenvalue weighted by molar-refractivity contribution is 7.19. The van der Waals surface area contributed by atoms with Crippen LogP contribution in [0, 0.1) is 6.92 Å². The molecule has 2 heterocycles. The zero-order valence-corrected chi connectivity index (χ0v) is 18.0. The molecule has 0 fully saturated rings. The maximum atomic E-state index is 12.5. The fourth-order valence-corrected chi connectivity index (χ4v) is 4.13. The summed E-state index contributed by atoms with van der Waals surface area (Å²) in [5, 5.41) is 7.91. The summed E-state index contributed by atoms with van der Waals surface area (Å²) in [5.74, 6) is 0.683. The summed E-state index contributed by atoms with van der Waals surface area (Å²) in [6.45, 7) is 2.10. The summed E-state index contributed by atoms with van der Waals surface area (Å²) in [5.41, 5.74) is 2.60. The normalized spacial score (nSPS) is 10.8. The number of carbonyl (C=O) groups excluding carboxylic acids is 1. The number of fused-ring (bicyclic) bond motifs is 1. The van der Waals surface area contributed by atoms with Gasteiger partial charge >= 0.3 is 0 Å². The second-order valence-corrected chi connectivity index (χ2v) is 7.71. The lowest BCUT2D eigenvalue weighted by Crippen LogP contribution is -2.25. The van der Waals surface area contributed by atoms with Gasteiger partial charge in [0.25, 0.3) is 11.5 Å². The fraction of sp³-hybridized carbons (Fsp3) is 0.182. The molecule has 0 aliphatic rings. The van der Waals surface area contributed by atoms with Crippen molar-refractivity contribution in [2.45, 2.75) is 13.5 Å². The van der Waals surface area contributed by atoms with E-state index in [0.717, 1.165) is 11.1 Å². The molecule has 0 atom stereocenters. The van der Waals surface area contributed by atoms with Crippen molar-refractivity contribution in [1.82, 2.24) is 19.9 Å². The first-order valence-electron chi connectivity index (χ1n) is 9.46. The van der Waals surface area contributed by atoms with Gasteiger partial charge in [-0.05, 0) is 30.7 Å². The van der Waals surface area contributed by atoms with Crippen molar-refractivity contribution in [2.75, 3.05) is 14.2 Å². The molecule has 0 saturated carbocycles. The van der Waals surface area contributed by atoms with Crippen LogP contribution in [0.2, 0.25) is 0 Å². The van der Waals surface area contributed by atoms with E-state index in [0.29, 0.717) is 32.7 Å². The highest BCUT2D eigenvalue weighted by Gasteiger charge is 2.14. The Hall–Kier alpha value is -3.72. The Morgan fingerprint density at radius 2 is 1.87 bits per heavy atom. The van der Waals surface area contributed by atoms with Crippen LogP contribution >= 0.6 is 11.3 Å². The Balaban J connectivity index is 1.56. The summed E-state index contributed by atoms with van der Waals surface area (Å²) in [7, 11) is 3.04. The molecule has 0 aliphatic carbocycles. The monoisotopic (exact) mass is 436 g/mol. The topological polar surface area (TPSA) is 94.8 Å². The zero-order valence-electron chi connectivity index (χ0n) is 17.2. The SMILES string of the molecule is COc1ccc(C(=O)NCc2cc(=O)n3nc(-c4ccccc4C)sc3n2)cc1OC. The molecule has 0 spiro atoms. The van der Waals surface area contributed by atoms with E-state index >= 15 is 0 Å². The molecule has 9 heteroatoms. The van der Waals surface area contributed by atoms with Crippen LogP contribution in [-0.4, -0.2) is 34.7 Å². The Kier molecular flexibility index (Phi) is 5.68. The smallest absolute Gasteiger partial charge is 0.275 e. The molecule has 158 valence electrons. The van der Waals surface area contributed by atoms with Gasteiger partial charge in [0.1, 0.15) is 5.01 Å². The Morgan fingerprint density at radius 3 is 2.61 bits per heavy atom. The van der Waals surface area contributed by atoms with Gasteiger partial charge in [0, 0.05) is 17.2 Å². The number of ether oxygens (including phenoxy) is 2. The molecule has 8 nitrogen and oxygen atoms in total. The van der Waals surface area contributed by atoms with E-state index in [1.807, 2.05) is 31.2 Å². The summed E-state index contributed by atoms with van der Waals surface area (Å²) in [6.07, 6.45) is 0. The van der Waals surface area contributed by atoms with Gasteiger partial charge in [-0.15, -0.1) is 0 Å². The van der Waals surface area contributed by atoms with Gasteiger partial charge in [0.05, 0.1) is 26.5 Å². The first kappa shape index (κ1) is 20.5. The lowest BCUT2D eigenvalue weighted by atomic mass is 10.1.